The Kier molecular flexibility index (Phi) is 5.20. The molecule has 1 fully saturated rings. The van der Waals surface area contributed by atoms with Crippen molar-refractivity contribution in [1.82, 2.24) is 5.32 Å². The first-order chi connectivity index (χ1) is 10.1. The van der Waals surface area contributed by atoms with E-state index in [0.29, 0.717) is 17.4 Å². The van der Waals surface area contributed by atoms with Crippen LogP contribution in [0.1, 0.15) is 32.6 Å². The van der Waals surface area contributed by atoms with Crippen molar-refractivity contribution < 1.29 is 14.3 Å². The first kappa shape index (κ1) is 15.4. The number of nitrogens with one attached hydrogen (secondary N) is 2. The van der Waals surface area contributed by atoms with Crippen LogP contribution < -0.4 is 15.4 Å². The molecule has 0 bridgehead atoms. The van der Waals surface area contributed by atoms with Crippen molar-refractivity contribution >= 4 is 17.5 Å². The van der Waals surface area contributed by atoms with E-state index in [9.17, 15) is 9.59 Å². The summed E-state index contributed by atoms with van der Waals surface area (Å²) in [6.45, 7) is 2.11. The van der Waals surface area contributed by atoms with Crippen molar-refractivity contribution in [3.63, 3.8) is 0 Å². The van der Waals surface area contributed by atoms with Crippen molar-refractivity contribution in [2.45, 2.75) is 38.6 Å². The Bertz CT molecular complexity index is 516. The van der Waals surface area contributed by atoms with E-state index < -0.39 is 11.8 Å². The third kappa shape index (κ3) is 3.97. The van der Waals surface area contributed by atoms with Gasteiger partial charge in [0.1, 0.15) is 5.75 Å². The van der Waals surface area contributed by atoms with Crippen LogP contribution in [0.5, 0.6) is 5.75 Å². The van der Waals surface area contributed by atoms with E-state index >= 15 is 0 Å². The van der Waals surface area contributed by atoms with Gasteiger partial charge in [-0.2, -0.15) is 0 Å². The number of benzene rings is 1. The topological polar surface area (TPSA) is 67.4 Å². The van der Waals surface area contributed by atoms with Crippen LogP contribution in [0.15, 0.2) is 24.3 Å². The number of carbonyl (C=O) groups is 2. The number of ether oxygens (including phenoxy) is 1. The molecule has 5 nitrogen and oxygen atoms in total. The Morgan fingerprint density at radius 1 is 1.14 bits per heavy atom. The van der Waals surface area contributed by atoms with Gasteiger partial charge in [-0.15, -0.1) is 0 Å². The average Bonchev–Trinajstić information content (AvgIpc) is 2.50. The van der Waals surface area contributed by atoms with E-state index in [-0.39, 0.29) is 6.04 Å². The second-order valence-electron chi connectivity index (χ2n) is 5.50. The zero-order valence-electron chi connectivity index (χ0n) is 12.5. The van der Waals surface area contributed by atoms with Crippen molar-refractivity contribution in [3.8, 4) is 5.75 Å². The number of rotatable bonds is 3. The number of para-hydroxylation sites is 2. The van der Waals surface area contributed by atoms with E-state index in [1.807, 2.05) is 0 Å². The average molecular weight is 290 g/mol. The first-order valence-electron chi connectivity index (χ1n) is 7.36. The highest BCUT2D eigenvalue weighted by atomic mass is 16.5. The summed E-state index contributed by atoms with van der Waals surface area (Å²) in [7, 11) is 1.52. The van der Waals surface area contributed by atoms with Crippen LogP contribution in [-0.2, 0) is 9.59 Å². The summed E-state index contributed by atoms with van der Waals surface area (Å²) in [6, 6.07) is 7.11. The summed E-state index contributed by atoms with van der Waals surface area (Å²) in [4.78, 5) is 24.0. The lowest BCUT2D eigenvalue weighted by molar-refractivity contribution is -0.137. The molecule has 2 amide bonds. The van der Waals surface area contributed by atoms with Gasteiger partial charge in [-0.25, -0.2) is 0 Å². The number of hydrogen-bond donors (Lipinski definition) is 2. The number of methoxy groups -OCH3 is 1. The molecule has 2 N–H and O–H groups in total. The van der Waals surface area contributed by atoms with Crippen molar-refractivity contribution in [1.29, 1.82) is 0 Å². The highest BCUT2D eigenvalue weighted by molar-refractivity contribution is 6.39. The van der Waals surface area contributed by atoms with Crippen LogP contribution in [0.25, 0.3) is 0 Å². The summed E-state index contributed by atoms with van der Waals surface area (Å²) in [5.74, 6) is -0.289. The molecule has 2 rings (SSSR count). The molecule has 0 spiro atoms. The molecule has 5 heteroatoms. The van der Waals surface area contributed by atoms with Crippen LogP contribution in [0.4, 0.5) is 5.69 Å². The number of carbonyl (C=O) groups excluding carboxylic acids is 2. The third-order valence-electron chi connectivity index (χ3n) is 3.99. The van der Waals surface area contributed by atoms with Gasteiger partial charge in [0.15, 0.2) is 0 Å². The zero-order chi connectivity index (χ0) is 15.2. The van der Waals surface area contributed by atoms with Gasteiger partial charge in [0.05, 0.1) is 12.8 Å². The van der Waals surface area contributed by atoms with Gasteiger partial charge in [-0.05, 0) is 30.9 Å². The first-order valence-corrected chi connectivity index (χ1v) is 7.36. The maximum absolute atomic E-state index is 12.0. The molecular formula is C16H22N2O3. The third-order valence-corrected chi connectivity index (χ3v) is 3.99. The number of anilines is 1. The molecule has 1 aliphatic rings. The summed E-state index contributed by atoms with van der Waals surface area (Å²) in [5, 5.41) is 5.42. The van der Waals surface area contributed by atoms with Crippen molar-refractivity contribution in [2.24, 2.45) is 5.92 Å². The smallest absolute Gasteiger partial charge is 0.313 e. The summed E-state index contributed by atoms with van der Waals surface area (Å²) in [5.41, 5.74) is 0.497. The molecule has 21 heavy (non-hydrogen) atoms. The van der Waals surface area contributed by atoms with E-state index in [4.69, 9.17) is 4.74 Å². The predicted molar refractivity (Wildman–Crippen MR) is 81.2 cm³/mol. The lowest BCUT2D eigenvalue weighted by atomic mass is 9.86. The molecule has 1 aromatic rings. The lowest BCUT2D eigenvalue weighted by Crippen LogP contribution is -2.45. The van der Waals surface area contributed by atoms with Gasteiger partial charge in [0.2, 0.25) is 0 Å². The van der Waals surface area contributed by atoms with Crippen LogP contribution >= 0.6 is 0 Å². The van der Waals surface area contributed by atoms with Crippen LogP contribution in [0.2, 0.25) is 0 Å². The van der Waals surface area contributed by atoms with Crippen LogP contribution in [0, 0.1) is 5.92 Å². The summed E-state index contributed by atoms with van der Waals surface area (Å²) in [6.07, 6.45) is 4.33. The lowest BCUT2D eigenvalue weighted by Gasteiger charge is -2.29. The molecule has 0 aliphatic heterocycles. The standard InChI is InChI=1S/C16H22N2O3/c1-11-7-3-4-8-12(11)17-15(19)16(20)18-13-9-5-6-10-14(13)21-2/h5-6,9-12H,3-4,7-8H2,1-2H3,(H,17,19)(H,18,20)/t11-,12-/m1/s1. The van der Waals surface area contributed by atoms with Gasteiger partial charge >= 0.3 is 11.8 Å². The summed E-state index contributed by atoms with van der Waals surface area (Å²) < 4.78 is 5.15. The van der Waals surface area contributed by atoms with Gasteiger partial charge in [-0.3, -0.25) is 9.59 Å². The Balaban J connectivity index is 1.94. The SMILES string of the molecule is COc1ccccc1NC(=O)C(=O)N[C@@H]1CCCC[C@H]1C. The molecule has 1 aromatic carbocycles. The molecular weight excluding hydrogens is 268 g/mol. The maximum atomic E-state index is 12.0. The highest BCUT2D eigenvalue weighted by Gasteiger charge is 2.25. The van der Waals surface area contributed by atoms with Crippen LogP contribution in [-0.4, -0.2) is 25.0 Å². The minimum absolute atomic E-state index is 0.0923. The Morgan fingerprint density at radius 3 is 2.57 bits per heavy atom. The van der Waals surface area contributed by atoms with Gasteiger partial charge in [-0.1, -0.05) is 31.9 Å². The van der Waals surface area contributed by atoms with Gasteiger partial charge < -0.3 is 15.4 Å². The molecule has 0 radical (unpaired) electrons. The Labute approximate surface area is 125 Å². The number of amides is 2. The fourth-order valence-electron chi connectivity index (χ4n) is 2.69. The Morgan fingerprint density at radius 2 is 1.86 bits per heavy atom. The molecule has 2 atom stereocenters. The molecule has 1 saturated carbocycles. The van der Waals surface area contributed by atoms with E-state index in [0.717, 1.165) is 19.3 Å². The molecule has 1 aliphatic carbocycles. The van der Waals surface area contributed by atoms with E-state index in [2.05, 4.69) is 17.6 Å². The fraction of sp³-hybridized carbons (Fsp3) is 0.500. The van der Waals surface area contributed by atoms with Gasteiger partial charge in [0, 0.05) is 6.04 Å². The minimum Gasteiger partial charge on any atom is -0.495 e. The summed E-state index contributed by atoms with van der Waals surface area (Å²) >= 11 is 0. The highest BCUT2D eigenvalue weighted by Crippen LogP contribution is 2.24. The zero-order valence-corrected chi connectivity index (χ0v) is 12.5. The Hall–Kier alpha value is -2.04. The molecule has 0 aromatic heterocycles. The minimum atomic E-state index is -0.655. The molecule has 0 heterocycles. The fourth-order valence-corrected chi connectivity index (χ4v) is 2.69. The van der Waals surface area contributed by atoms with E-state index in [1.54, 1.807) is 24.3 Å². The van der Waals surface area contributed by atoms with Gasteiger partial charge in [0.25, 0.3) is 0 Å². The predicted octanol–water partition coefficient (Wildman–Crippen LogP) is 2.33. The monoisotopic (exact) mass is 290 g/mol. The van der Waals surface area contributed by atoms with Crippen molar-refractivity contribution in [2.75, 3.05) is 12.4 Å². The van der Waals surface area contributed by atoms with E-state index in [1.165, 1.54) is 13.5 Å². The van der Waals surface area contributed by atoms with Crippen molar-refractivity contribution in [3.05, 3.63) is 24.3 Å². The maximum Gasteiger partial charge on any atom is 0.313 e. The second-order valence-corrected chi connectivity index (χ2v) is 5.50. The quantitative estimate of drug-likeness (QED) is 0.840. The normalized spacial score (nSPS) is 21.4. The largest absolute Gasteiger partial charge is 0.495 e. The number of hydrogen-bond acceptors (Lipinski definition) is 3. The molecule has 0 unspecified atom stereocenters. The van der Waals surface area contributed by atoms with Crippen LogP contribution in [0.3, 0.4) is 0 Å². The second kappa shape index (κ2) is 7.11. The molecule has 114 valence electrons. The molecule has 0 saturated heterocycles.